The molecule has 2 aromatic heterocycles. The van der Waals surface area contributed by atoms with Gasteiger partial charge in [0.05, 0.1) is 7.11 Å². The standard InChI is InChI=1S/C21H28N6O/c1-28-21-12-20(24-14-25-21)27(16-5-6-16)17-7-9-26(10-8-17)19-11-18(22-13-23-19)15-3-2-4-15/h11-17H,2-10H2,1H3. The van der Waals surface area contributed by atoms with Crippen LogP contribution >= 0.6 is 0 Å². The zero-order chi connectivity index (χ0) is 18.9. The van der Waals surface area contributed by atoms with Crippen LogP contribution in [0.1, 0.15) is 56.6 Å². The van der Waals surface area contributed by atoms with Crippen LogP contribution in [0.5, 0.6) is 5.88 Å². The minimum atomic E-state index is 0.510. The van der Waals surface area contributed by atoms with Crippen LogP contribution in [0.3, 0.4) is 0 Å². The van der Waals surface area contributed by atoms with Gasteiger partial charge in [-0.15, -0.1) is 0 Å². The summed E-state index contributed by atoms with van der Waals surface area (Å²) in [5.41, 5.74) is 1.23. The Kier molecular flexibility index (Phi) is 4.74. The topological polar surface area (TPSA) is 67.3 Å². The monoisotopic (exact) mass is 380 g/mol. The van der Waals surface area contributed by atoms with Crippen molar-refractivity contribution in [3.05, 3.63) is 30.5 Å². The third kappa shape index (κ3) is 3.50. The number of hydrogen-bond acceptors (Lipinski definition) is 7. The molecule has 2 aliphatic carbocycles. The summed E-state index contributed by atoms with van der Waals surface area (Å²) in [6, 6.07) is 5.31. The molecular formula is C21H28N6O. The Morgan fingerprint density at radius 2 is 1.64 bits per heavy atom. The van der Waals surface area contributed by atoms with E-state index in [1.165, 1.54) is 37.8 Å². The van der Waals surface area contributed by atoms with Crippen LogP contribution in [0.25, 0.3) is 0 Å². The van der Waals surface area contributed by atoms with Gasteiger partial charge in [-0.3, -0.25) is 0 Å². The minimum Gasteiger partial charge on any atom is -0.481 e. The van der Waals surface area contributed by atoms with Crippen LogP contribution < -0.4 is 14.5 Å². The van der Waals surface area contributed by atoms with Crippen molar-refractivity contribution in [1.29, 1.82) is 0 Å². The molecule has 3 aliphatic rings. The van der Waals surface area contributed by atoms with E-state index in [2.05, 4.69) is 35.8 Å². The molecule has 3 fully saturated rings. The van der Waals surface area contributed by atoms with E-state index < -0.39 is 0 Å². The van der Waals surface area contributed by atoms with Gasteiger partial charge in [-0.2, -0.15) is 0 Å². The molecule has 0 bridgehead atoms. The SMILES string of the molecule is COc1cc(N(C2CC2)C2CCN(c3cc(C4CCC4)ncn3)CC2)ncn1. The number of nitrogens with zero attached hydrogens (tertiary/aromatic N) is 6. The maximum Gasteiger partial charge on any atom is 0.218 e. The van der Waals surface area contributed by atoms with E-state index in [1.807, 2.05) is 6.07 Å². The number of methoxy groups -OCH3 is 1. The summed E-state index contributed by atoms with van der Waals surface area (Å²) in [5, 5.41) is 0. The molecule has 148 valence electrons. The molecule has 0 amide bonds. The Morgan fingerprint density at radius 1 is 0.893 bits per heavy atom. The molecule has 0 spiro atoms. The van der Waals surface area contributed by atoms with Gasteiger partial charge >= 0.3 is 0 Å². The van der Waals surface area contributed by atoms with Crippen molar-refractivity contribution in [3.8, 4) is 5.88 Å². The second-order valence-corrected chi connectivity index (χ2v) is 8.20. The Hall–Kier alpha value is -2.44. The molecule has 1 saturated heterocycles. The zero-order valence-electron chi connectivity index (χ0n) is 16.5. The highest BCUT2D eigenvalue weighted by Gasteiger charge is 2.37. The van der Waals surface area contributed by atoms with Crippen LogP contribution in [0.4, 0.5) is 11.6 Å². The lowest BCUT2D eigenvalue weighted by atomic mass is 9.83. The van der Waals surface area contributed by atoms with Gasteiger partial charge in [0, 0.05) is 48.9 Å². The van der Waals surface area contributed by atoms with Gasteiger partial charge in [-0.25, -0.2) is 19.9 Å². The Balaban J connectivity index is 1.28. The highest BCUT2D eigenvalue weighted by atomic mass is 16.5. The molecular weight excluding hydrogens is 352 g/mol. The predicted molar refractivity (Wildman–Crippen MR) is 108 cm³/mol. The summed E-state index contributed by atoms with van der Waals surface area (Å²) >= 11 is 0. The molecule has 1 aliphatic heterocycles. The molecule has 0 N–H and O–H groups in total. The fourth-order valence-corrected chi connectivity index (χ4v) is 4.44. The zero-order valence-corrected chi connectivity index (χ0v) is 16.5. The van der Waals surface area contributed by atoms with Crippen LogP contribution in [-0.4, -0.2) is 52.2 Å². The molecule has 0 radical (unpaired) electrons. The molecule has 7 heteroatoms. The Morgan fingerprint density at radius 3 is 2.32 bits per heavy atom. The van der Waals surface area contributed by atoms with Crippen LogP contribution in [0.15, 0.2) is 24.8 Å². The van der Waals surface area contributed by atoms with Crippen LogP contribution in [-0.2, 0) is 0 Å². The van der Waals surface area contributed by atoms with Crippen LogP contribution in [0.2, 0.25) is 0 Å². The average Bonchev–Trinajstić information content (AvgIpc) is 3.53. The molecule has 3 heterocycles. The number of piperidine rings is 1. The first-order chi connectivity index (χ1) is 13.8. The normalized spacial score (nSPS) is 20.7. The van der Waals surface area contributed by atoms with E-state index in [0.717, 1.165) is 37.6 Å². The molecule has 2 saturated carbocycles. The fraction of sp³-hybridized carbons (Fsp3) is 0.619. The molecule has 0 unspecified atom stereocenters. The third-order valence-corrected chi connectivity index (χ3v) is 6.42. The quantitative estimate of drug-likeness (QED) is 0.762. The summed E-state index contributed by atoms with van der Waals surface area (Å²) in [5.74, 6) is 3.38. The molecule has 0 aromatic carbocycles. The minimum absolute atomic E-state index is 0.510. The largest absolute Gasteiger partial charge is 0.481 e. The lowest BCUT2D eigenvalue weighted by Gasteiger charge is -2.40. The van der Waals surface area contributed by atoms with Gasteiger partial charge in [0.25, 0.3) is 0 Å². The van der Waals surface area contributed by atoms with E-state index in [9.17, 15) is 0 Å². The van der Waals surface area contributed by atoms with E-state index in [-0.39, 0.29) is 0 Å². The number of ether oxygens (including phenoxy) is 1. The first kappa shape index (κ1) is 17.6. The van der Waals surface area contributed by atoms with Gasteiger partial charge in [0.1, 0.15) is 24.3 Å². The van der Waals surface area contributed by atoms with Gasteiger partial charge in [0.2, 0.25) is 5.88 Å². The van der Waals surface area contributed by atoms with E-state index in [0.29, 0.717) is 23.9 Å². The molecule has 28 heavy (non-hydrogen) atoms. The highest BCUT2D eigenvalue weighted by molar-refractivity contribution is 5.46. The number of rotatable bonds is 6. The van der Waals surface area contributed by atoms with Crippen molar-refractivity contribution < 1.29 is 4.74 Å². The molecule has 0 atom stereocenters. The first-order valence-electron chi connectivity index (χ1n) is 10.5. The first-order valence-corrected chi connectivity index (χ1v) is 10.5. The van der Waals surface area contributed by atoms with Gasteiger partial charge in [0.15, 0.2) is 0 Å². The Bertz CT molecular complexity index is 814. The summed E-state index contributed by atoms with van der Waals surface area (Å²) in [7, 11) is 1.66. The van der Waals surface area contributed by atoms with E-state index >= 15 is 0 Å². The second kappa shape index (κ2) is 7.53. The smallest absolute Gasteiger partial charge is 0.218 e. The van der Waals surface area contributed by atoms with Gasteiger partial charge < -0.3 is 14.5 Å². The predicted octanol–water partition coefficient (Wildman–Crippen LogP) is 3.18. The van der Waals surface area contributed by atoms with Crippen molar-refractivity contribution in [2.45, 2.75) is 62.9 Å². The van der Waals surface area contributed by atoms with E-state index in [1.54, 1.807) is 19.8 Å². The Labute approximate surface area is 166 Å². The lowest BCUT2D eigenvalue weighted by molar-refractivity contribution is 0.395. The highest BCUT2D eigenvalue weighted by Crippen LogP contribution is 2.38. The van der Waals surface area contributed by atoms with Crippen molar-refractivity contribution in [2.24, 2.45) is 0 Å². The van der Waals surface area contributed by atoms with Crippen molar-refractivity contribution in [3.63, 3.8) is 0 Å². The lowest BCUT2D eigenvalue weighted by Crippen LogP contribution is -2.46. The number of anilines is 2. The van der Waals surface area contributed by atoms with Crippen molar-refractivity contribution in [1.82, 2.24) is 19.9 Å². The summed E-state index contributed by atoms with van der Waals surface area (Å²) in [6.45, 7) is 2.05. The maximum absolute atomic E-state index is 5.31. The molecule has 2 aromatic rings. The fourth-order valence-electron chi connectivity index (χ4n) is 4.44. The van der Waals surface area contributed by atoms with Crippen molar-refractivity contribution in [2.75, 3.05) is 30.0 Å². The third-order valence-electron chi connectivity index (χ3n) is 6.42. The average molecular weight is 380 g/mol. The second-order valence-electron chi connectivity index (χ2n) is 8.20. The number of aromatic nitrogens is 4. The van der Waals surface area contributed by atoms with Gasteiger partial charge in [-0.1, -0.05) is 6.42 Å². The number of hydrogen-bond donors (Lipinski definition) is 0. The van der Waals surface area contributed by atoms with E-state index in [4.69, 9.17) is 4.74 Å². The summed E-state index contributed by atoms with van der Waals surface area (Å²) in [4.78, 5) is 22.7. The molecule has 5 rings (SSSR count). The van der Waals surface area contributed by atoms with Crippen molar-refractivity contribution >= 4 is 11.6 Å². The maximum atomic E-state index is 5.31. The van der Waals surface area contributed by atoms with Crippen LogP contribution in [0, 0.1) is 0 Å². The summed E-state index contributed by atoms with van der Waals surface area (Å²) < 4.78 is 5.31. The summed E-state index contributed by atoms with van der Waals surface area (Å²) in [6.07, 6.45) is 12.0. The molecule has 7 nitrogen and oxygen atoms in total. The van der Waals surface area contributed by atoms with Gasteiger partial charge in [-0.05, 0) is 38.5 Å².